The normalized spacial score (nSPS) is 10.7. The molecule has 7 heteroatoms. The summed E-state index contributed by atoms with van der Waals surface area (Å²) in [4.78, 5) is 16.7. The first-order valence-corrected chi connectivity index (χ1v) is 7.18. The summed E-state index contributed by atoms with van der Waals surface area (Å²) in [5.41, 5.74) is 0.993. The van der Waals surface area contributed by atoms with Gasteiger partial charge in [0.1, 0.15) is 11.6 Å². The second-order valence-corrected chi connectivity index (χ2v) is 5.27. The van der Waals surface area contributed by atoms with E-state index in [-0.39, 0.29) is 17.3 Å². The Morgan fingerprint density at radius 2 is 2.13 bits per heavy atom. The number of hydrogen-bond acceptors (Lipinski definition) is 4. The molecule has 0 aliphatic heterocycles. The number of methoxy groups -OCH3 is 1. The summed E-state index contributed by atoms with van der Waals surface area (Å²) in [5, 5.41) is 3.52. The Balaban J connectivity index is 1.87. The quantitative estimate of drug-likeness (QED) is 0.796. The lowest BCUT2D eigenvalue weighted by molar-refractivity contribution is 0.415. The van der Waals surface area contributed by atoms with Crippen molar-refractivity contribution in [3.8, 4) is 5.75 Å². The van der Waals surface area contributed by atoms with Crippen molar-refractivity contribution in [2.24, 2.45) is 0 Å². The molecule has 0 aliphatic carbocycles. The van der Waals surface area contributed by atoms with Gasteiger partial charge in [0.25, 0.3) is 5.56 Å². The Morgan fingerprint density at radius 3 is 2.87 bits per heavy atom. The minimum atomic E-state index is -0.490. The van der Waals surface area contributed by atoms with Crippen molar-refractivity contribution in [1.82, 2.24) is 9.55 Å². The zero-order valence-electron chi connectivity index (χ0n) is 12.2. The molecule has 0 atom stereocenters. The minimum Gasteiger partial charge on any atom is -0.497 e. The van der Waals surface area contributed by atoms with Gasteiger partial charge in [0.05, 0.1) is 36.0 Å². The number of halogens is 2. The number of hydrogen-bond donors (Lipinski definition) is 1. The molecule has 3 aromatic rings. The zero-order valence-corrected chi connectivity index (χ0v) is 13.0. The second-order valence-electron chi connectivity index (χ2n) is 4.87. The van der Waals surface area contributed by atoms with E-state index in [1.165, 1.54) is 23.0 Å². The maximum Gasteiger partial charge on any atom is 0.262 e. The summed E-state index contributed by atoms with van der Waals surface area (Å²) in [6.07, 6.45) is 1.45. The van der Waals surface area contributed by atoms with E-state index >= 15 is 0 Å². The number of nitrogens with one attached hydrogen (secondary N) is 1. The molecular weight excluding hydrogens is 321 g/mol. The lowest BCUT2D eigenvalue weighted by Gasteiger charge is -2.10. The van der Waals surface area contributed by atoms with E-state index in [1.807, 2.05) is 0 Å². The molecular formula is C16H13ClFN3O2. The number of anilines is 1. The lowest BCUT2D eigenvalue weighted by Crippen LogP contribution is -2.24. The van der Waals surface area contributed by atoms with E-state index in [4.69, 9.17) is 16.3 Å². The average molecular weight is 334 g/mol. The third-order valence-electron chi connectivity index (χ3n) is 3.41. The molecule has 0 saturated heterocycles. The molecule has 0 fully saturated rings. The van der Waals surface area contributed by atoms with Crippen molar-refractivity contribution in [3.05, 3.63) is 63.9 Å². The van der Waals surface area contributed by atoms with Gasteiger partial charge in [0, 0.05) is 11.8 Å². The van der Waals surface area contributed by atoms with Crippen LogP contribution in [0.1, 0.15) is 0 Å². The van der Waals surface area contributed by atoms with Crippen LogP contribution in [0.5, 0.6) is 5.75 Å². The summed E-state index contributed by atoms with van der Waals surface area (Å²) in [5.74, 6) is 0.150. The second kappa shape index (κ2) is 6.26. The standard InChI is InChI=1S/C16H13ClFN3O2/c1-23-11-3-4-12-15(7-11)20-9-21(16(12)22)8-19-10-2-5-14(18)13(17)6-10/h2-7,9,19H,8H2,1H3. The van der Waals surface area contributed by atoms with Gasteiger partial charge in [0.2, 0.25) is 0 Å². The fourth-order valence-electron chi connectivity index (χ4n) is 2.16. The van der Waals surface area contributed by atoms with Gasteiger partial charge >= 0.3 is 0 Å². The van der Waals surface area contributed by atoms with Crippen LogP contribution in [-0.4, -0.2) is 16.7 Å². The first-order valence-electron chi connectivity index (χ1n) is 6.80. The first-order chi connectivity index (χ1) is 11.1. The highest BCUT2D eigenvalue weighted by Crippen LogP contribution is 2.19. The highest BCUT2D eigenvalue weighted by atomic mass is 35.5. The van der Waals surface area contributed by atoms with Crippen molar-refractivity contribution < 1.29 is 9.13 Å². The number of nitrogens with zero attached hydrogens (tertiary/aromatic N) is 2. The van der Waals surface area contributed by atoms with Crippen LogP contribution >= 0.6 is 11.6 Å². The molecule has 5 nitrogen and oxygen atoms in total. The van der Waals surface area contributed by atoms with Gasteiger partial charge in [-0.3, -0.25) is 9.36 Å². The summed E-state index contributed by atoms with van der Waals surface area (Å²) in [6, 6.07) is 9.36. The zero-order chi connectivity index (χ0) is 16.4. The molecule has 3 rings (SSSR count). The largest absolute Gasteiger partial charge is 0.497 e. The minimum absolute atomic E-state index is 0.0195. The van der Waals surface area contributed by atoms with E-state index in [0.29, 0.717) is 22.3 Å². The SMILES string of the molecule is COc1ccc2c(=O)n(CNc3ccc(F)c(Cl)c3)cnc2c1. The average Bonchev–Trinajstić information content (AvgIpc) is 2.57. The van der Waals surface area contributed by atoms with Crippen LogP contribution in [0.4, 0.5) is 10.1 Å². The Bertz CT molecular complexity index is 927. The molecule has 118 valence electrons. The molecule has 0 unspecified atom stereocenters. The maximum absolute atomic E-state index is 13.1. The van der Waals surface area contributed by atoms with Crippen molar-refractivity contribution >= 4 is 28.2 Å². The third kappa shape index (κ3) is 3.12. The van der Waals surface area contributed by atoms with Gasteiger partial charge in [0.15, 0.2) is 0 Å². The smallest absolute Gasteiger partial charge is 0.262 e. The summed E-state index contributed by atoms with van der Waals surface area (Å²) < 4.78 is 19.7. The van der Waals surface area contributed by atoms with Crippen molar-refractivity contribution in [3.63, 3.8) is 0 Å². The van der Waals surface area contributed by atoms with E-state index in [1.54, 1.807) is 31.4 Å². The topological polar surface area (TPSA) is 56.1 Å². The number of rotatable bonds is 4. The van der Waals surface area contributed by atoms with Crippen molar-refractivity contribution in [2.75, 3.05) is 12.4 Å². The molecule has 0 radical (unpaired) electrons. The van der Waals surface area contributed by atoms with Crippen LogP contribution in [0.2, 0.25) is 5.02 Å². The Kier molecular flexibility index (Phi) is 4.16. The summed E-state index contributed by atoms with van der Waals surface area (Å²) in [6.45, 7) is 0.190. The Labute approximate surface area is 136 Å². The van der Waals surface area contributed by atoms with Gasteiger partial charge in [-0.15, -0.1) is 0 Å². The van der Waals surface area contributed by atoms with E-state index in [2.05, 4.69) is 10.3 Å². The van der Waals surface area contributed by atoms with Gasteiger partial charge in [-0.25, -0.2) is 9.37 Å². The highest BCUT2D eigenvalue weighted by Gasteiger charge is 2.06. The monoisotopic (exact) mass is 333 g/mol. The van der Waals surface area contributed by atoms with Crippen molar-refractivity contribution in [2.45, 2.75) is 6.67 Å². The van der Waals surface area contributed by atoms with Crippen LogP contribution in [0, 0.1) is 5.82 Å². The van der Waals surface area contributed by atoms with Gasteiger partial charge in [-0.1, -0.05) is 11.6 Å². The summed E-state index contributed by atoms with van der Waals surface area (Å²) >= 11 is 5.73. The van der Waals surface area contributed by atoms with E-state index < -0.39 is 5.82 Å². The number of benzene rings is 2. The highest BCUT2D eigenvalue weighted by molar-refractivity contribution is 6.31. The molecule has 0 aliphatic rings. The number of aromatic nitrogens is 2. The molecule has 1 heterocycles. The Morgan fingerprint density at radius 1 is 1.30 bits per heavy atom. The molecule has 0 bridgehead atoms. The molecule has 2 aromatic carbocycles. The number of ether oxygens (including phenoxy) is 1. The fourth-order valence-corrected chi connectivity index (χ4v) is 2.34. The molecule has 0 amide bonds. The predicted octanol–water partition coefficient (Wildman–Crippen LogP) is 3.27. The van der Waals surface area contributed by atoms with E-state index in [0.717, 1.165) is 0 Å². The Hall–Kier alpha value is -2.60. The predicted molar refractivity (Wildman–Crippen MR) is 87.6 cm³/mol. The van der Waals surface area contributed by atoms with Crippen LogP contribution < -0.4 is 15.6 Å². The van der Waals surface area contributed by atoms with Crippen LogP contribution in [-0.2, 0) is 6.67 Å². The van der Waals surface area contributed by atoms with Gasteiger partial charge in [-0.05, 0) is 30.3 Å². The van der Waals surface area contributed by atoms with E-state index in [9.17, 15) is 9.18 Å². The molecule has 1 aromatic heterocycles. The third-order valence-corrected chi connectivity index (χ3v) is 3.70. The van der Waals surface area contributed by atoms with Gasteiger partial charge in [-0.2, -0.15) is 0 Å². The fraction of sp³-hybridized carbons (Fsp3) is 0.125. The lowest BCUT2D eigenvalue weighted by atomic mass is 10.2. The van der Waals surface area contributed by atoms with Crippen LogP contribution in [0.15, 0.2) is 47.5 Å². The van der Waals surface area contributed by atoms with Gasteiger partial charge < -0.3 is 10.1 Å². The molecule has 0 saturated carbocycles. The van der Waals surface area contributed by atoms with Crippen molar-refractivity contribution in [1.29, 1.82) is 0 Å². The molecule has 23 heavy (non-hydrogen) atoms. The number of fused-ring (bicyclic) bond motifs is 1. The molecule has 1 N–H and O–H groups in total. The molecule has 0 spiro atoms. The van der Waals surface area contributed by atoms with Crippen LogP contribution in [0.25, 0.3) is 10.9 Å². The maximum atomic E-state index is 13.1. The van der Waals surface area contributed by atoms with Crippen LogP contribution in [0.3, 0.4) is 0 Å². The first kappa shape index (κ1) is 15.3. The summed E-state index contributed by atoms with van der Waals surface area (Å²) in [7, 11) is 1.56.